The van der Waals surface area contributed by atoms with Crippen LogP contribution < -0.4 is 5.32 Å². The highest BCUT2D eigenvalue weighted by Gasteiger charge is 2.40. The van der Waals surface area contributed by atoms with Gasteiger partial charge in [0.15, 0.2) is 5.54 Å². The summed E-state index contributed by atoms with van der Waals surface area (Å²) in [5.41, 5.74) is -0.0889. The summed E-state index contributed by atoms with van der Waals surface area (Å²) in [4.78, 5) is 16.6. The molecule has 1 unspecified atom stereocenters. The van der Waals surface area contributed by atoms with E-state index in [1.54, 1.807) is 7.05 Å². The van der Waals surface area contributed by atoms with Crippen LogP contribution in [0.2, 0.25) is 0 Å². The van der Waals surface area contributed by atoms with Gasteiger partial charge in [-0.3, -0.25) is 5.10 Å². The molecule has 0 amide bonds. The number of nitrogens with one attached hydrogen (secondary N) is 2. The quantitative estimate of drug-likeness (QED) is 0.622. The third-order valence-corrected chi connectivity index (χ3v) is 4.24. The molecule has 0 aliphatic carbocycles. The molecule has 7 heteroatoms. The number of carbonyl (C=O) groups is 1. The molecule has 21 heavy (non-hydrogen) atoms. The Morgan fingerprint density at radius 1 is 1.43 bits per heavy atom. The minimum Gasteiger partial charge on any atom is -0.467 e. The standard InChI is InChI=1S/C14H18N4O2S/c1-10-16-13(18-17-10)21-9-14(15-2,12(19)20-3)11-7-5-4-6-8-11/h4-8,15H,9H2,1-3H3,(H,16,17,18). The minimum absolute atomic E-state index is 0.337. The Hall–Kier alpha value is -1.86. The molecule has 0 spiro atoms. The van der Waals surface area contributed by atoms with Crippen molar-refractivity contribution < 1.29 is 9.53 Å². The number of aromatic nitrogens is 3. The maximum absolute atomic E-state index is 12.3. The lowest BCUT2D eigenvalue weighted by molar-refractivity contribution is -0.147. The van der Waals surface area contributed by atoms with Crippen molar-refractivity contribution in [1.29, 1.82) is 0 Å². The first-order chi connectivity index (χ1) is 10.1. The van der Waals surface area contributed by atoms with Gasteiger partial charge in [-0.2, -0.15) is 0 Å². The van der Waals surface area contributed by atoms with Crippen molar-refractivity contribution in [3.05, 3.63) is 41.7 Å². The van der Waals surface area contributed by atoms with E-state index in [0.717, 1.165) is 11.4 Å². The molecule has 2 rings (SSSR count). The maximum atomic E-state index is 12.3. The van der Waals surface area contributed by atoms with E-state index in [9.17, 15) is 4.79 Å². The fraction of sp³-hybridized carbons (Fsp3) is 0.357. The van der Waals surface area contributed by atoms with Gasteiger partial charge in [0.1, 0.15) is 5.82 Å². The molecule has 6 nitrogen and oxygen atoms in total. The monoisotopic (exact) mass is 306 g/mol. The molecule has 0 bridgehead atoms. The SMILES string of the molecule is CNC(CSc1n[nH]c(C)n1)(C(=O)OC)c1ccccc1. The van der Waals surface area contributed by atoms with Crippen LogP contribution in [-0.4, -0.2) is 41.1 Å². The van der Waals surface area contributed by atoms with E-state index < -0.39 is 5.54 Å². The molecule has 2 aromatic rings. The van der Waals surface area contributed by atoms with Gasteiger partial charge in [-0.25, -0.2) is 9.78 Å². The van der Waals surface area contributed by atoms with Crippen LogP contribution in [-0.2, 0) is 15.1 Å². The molecule has 0 saturated heterocycles. The molecule has 112 valence electrons. The van der Waals surface area contributed by atoms with Gasteiger partial charge in [0.25, 0.3) is 0 Å². The molecule has 1 atom stereocenters. The Bertz CT molecular complexity index is 602. The van der Waals surface area contributed by atoms with E-state index in [2.05, 4.69) is 20.5 Å². The summed E-state index contributed by atoms with van der Waals surface area (Å²) in [7, 11) is 3.13. The zero-order chi connectivity index (χ0) is 15.3. The van der Waals surface area contributed by atoms with Crippen molar-refractivity contribution in [3.8, 4) is 0 Å². The van der Waals surface area contributed by atoms with Crippen LogP contribution in [0.4, 0.5) is 0 Å². The van der Waals surface area contributed by atoms with E-state index in [1.165, 1.54) is 18.9 Å². The topological polar surface area (TPSA) is 79.9 Å². The maximum Gasteiger partial charge on any atom is 0.331 e. The first kappa shape index (κ1) is 15.5. The second kappa shape index (κ2) is 6.73. The molecule has 0 radical (unpaired) electrons. The van der Waals surface area contributed by atoms with Crippen LogP contribution in [0.25, 0.3) is 0 Å². The highest BCUT2D eigenvalue weighted by molar-refractivity contribution is 7.99. The second-order valence-corrected chi connectivity index (χ2v) is 5.45. The number of ether oxygens (including phenoxy) is 1. The van der Waals surface area contributed by atoms with Crippen molar-refractivity contribution in [2.45, 2.75) is 17.6 Å². The van der Waals surface area contributed by atoms with Gasteiger partial charge in [0, 0.05) is 5.75 Å². The number of aryl methyl sites for hydroxylation is 1. The van der Waals surface area contributed by atoms with Crippen LogP contribution in [0.1, 0.15) is 11.4 Å². The van der Waals surface area contributed by atoms with Gasteiger partial charge in [-0.1, -0.05) is 42.1 Å². The molecular formula is C14H18N4O2S. The first-order valence-electron chi connectivity index (χ1n) is 6.47. The number of likely N-dealkylation sites (N-methyl/N-ethyl adjacent to an activating group) is 1. The summed E-state index contributed by atoms with van der Waals surface area (Å²) in [5, 5.41) is 10.6. The summed E-state index contributed by atoms with van der Waals surface area (Å²) in [5.74, 6) is 0.832. The van der Waals surface area contributed by atoms with Gasteiger partial charge < -0.3 is 10.1 Å². The lowest BCUT2D eigenvalue weighted by atomic mass is 9.92. The van der Waals surface area contributed by atoms with Gasteiger partial charge >= 0.3 is 5.97 Å². The van der Waals surface area contributed by atoms with E-state index in [1.807, 2.05) is 37.3 Å². The zero-order valence-electron chi connectivity index (χ0n) is 12.2. The average molecular weight is 306 g/mol. The number of hydrogen-bond donors (Lipinski definition) is 2. The van der Waals surface area contributed by atoms with E-state index >= 15 is 0 Å². The largest absolute Gasteiger partial charge is 0.467 e. The molecule has 0 aliphatic heterocycles. The first-order valence-corrected chi connectivity index (χ1v) is 7.45. The predicted molar refractivity (Wildman–Crippen MR) is 81.0 cm³/mol. The van der Waals surface area contributed by atoms with Crippen LogP contribution in [0, 0.1) is 6.92 Å². The number of hydrogen-bond acceptors (Lipinski definition) is 6. The Morgan fingerprint density at radius 2 is 2.14 bits per heavy atom. The van der Waals surface area contributed by atoms with Gasteiger partial charge in [0.2, 0.25) is 5.16 Å². The highest BCUT2D eigenvalue weighted by Crippen LogP contribution is 2.29. The number of nitrogens with zero attached hydrogens (tertiary/aromatic N) is 2. The highest BCUT2D eigenvalue weighted by atomic mass is 32.2. The molecule has 2 N–H and O–H groups in total. The Balaban J connectivity index is 2.29. The number of benzene rings is 1. The van der Waals surface area contributed by atoms with E-state index in [-0.39, 0.29) is 5.97 Å². The minimum atomic E-state index is -0.935. The third kappa shape index (κ3) is 3.25. The van der Waals surface area contributed by atoms with Crippen molar-refractivity contribution in [1.82, 2.24) is 20.5 Å². The fourth-order valence-corrected chi connectivity index (χ4v) is 3.12. The predicted octanol–water partition coefficient (Wildman–Crippen LogP) is 1.49. The number of H-pyrrole nitrogens is 1. The lowest BCUT2D eigenvalue weighted by Gasteiger charge is -2.30. The van der Waals surface area contributed by atoms with Crippen molar-refractivity contribution in [3.63, 3.8) is 0 Å². The fourth-order valence-electron chi connectivity index (χ4n) is 2.04. The third-order valence-electron chi connectivity index (χ3n) is 3.22. The summed E-state index contributed by atoms with van der Waals surface area (Å²) in [6, 6.07) is 9.50. The van der Waals surface area contributed by atoms with Crippen molar-refractivity contribution >= 4 is 17.7 Å². The Labute approximate surface area is 127 Å². The van der Waals surface area contributed by atoms with Crippen LogP contribution >= 0.6 is 11.8 Å². The molecule has 0 aliphatic rings. The summed E-state index contributed by atoms with van der Waals surface area (Å²) < 4.78 is 4.99. The number of thioether (sulfide) groups is 1. The smallest absolute Gasteiger partial charge is 0.331 e. The van der Waals surface area contributed by atoms with Crippen molar-refractivity contribution in [2.75, 3.05) is 19.9 Å². The molecule has 1 heterocycles. The van der Waals surface area contributed by atoms with E-state index in [4.69, 9.17) is 4.74 Å². The van der Waals surface area contributed by atoms with Gasteiger partial charge in [-0.05, 0) is 19.5 Å². The summed E-state index contributed by atoms with van der Waals surface area (Å²) >= 11 is 1.39. The van der Waals surface area contributed by atoms with Crippen LogP contribution in [0.3, 0.4) is 0 Å². The second-order valence-electron chi connectivity index (χ2n) is 4.51. The van der Waals surface area contributed by atoms with Crippen LogP contribution in [0.5, 0.6) is 0 Å². The van der Waals surface area contributed by atoms with E-state index in [0.29, 0.717) is 10.9 Å². The lowest BCUT2D eigenvalue weighted by Crippen LogP contribution is -2.50. The van der Waals surface area contributed by atoms with Gasteiger partial charge in [0.05, 0.1) is 7.11 Å². The molecule has 1 aromatic heterocycles. The normalized spacial score (nSPS) is 13.7. The average Bonchev–Trinajstić information content (AvgIpc) is 2.94. The Kier molecular flexibility index (Phi) is 4.98. The Morgan fingerprint density at radius 3 is 2.67 bits per heavy atom. The van der Waals surface area contributed by atoms with Gasteiger partial charge in [-0.15, -0.1) is 5.10 Å². The van der Waals surface area contributed by atoms with Crippen molar-refractivity contribution in [2.24, 2.45) is 0 Å². The zero-order valence-corrected chi connectivity index (χ0v) is 13.0. The molecule has 0 fully saturated rings. The molecule has 1 aromatic carbocycles. The van der Waals surface area contributed by atoms with Crippen LogP contribution in [0.15, 0.2) is 35.5 Å². The number of aromatic amines is 1. The number of rotatable bonds is 6. The summed E-state index contributed by atoms with van der Waals surface area (Å²) in [6.45, 7) is 1.83. The number of methoxy groups -OCH3 is 1. The molecule has 0 saturated carbocycles. The number of carbonyl (C=O) groups excluding carboxylic acids is 1. The molecular weight excluding hydrogens is 288 g/mol. The summed E-state index contributed by atoms with van der Waals surface area (Å²) in [6.07, 6.45) is 0. The number of esters is 1.